The zero-order valence-electron chi connectivity index (χ0n) is 16.4. The molecule has 0 unspecified atom stereocenters. The van der Waals surface area contributed by atoms with E-state index in [0.29, 0.717) is 35.1 Å². The molecule has 0 spiro atoms. The van der Waals surface area contributed by atoms with Crippen molar-refractivity contribution in [3.63, 3.8) is 0 Å². The lowest BCUT2D eigenvalue weighted by Crippen LogP contribution is -2.21. The number of nitrogens with one attached hydrogen (secondary N) is 1. The monoisotopic (exact) mass is 451 g/mol. The average molecular weight is 452 g/mol. The van der Waals surface area contributed by atoms with E-state index < -0.39 is 29.3 Å². The van der Waals surface area contributed by atoms with Crippen LogP contribution >= 0.6 is 11.6 Å². The molecular weight excluding hydrogens is 435 g/mol. The molecule has 0 atom stereocenters. The Bertz CT molecular complexity index is 1250. The predicted octanol–water partition coefficient (Wildman–Crippen LogP) is 5.28. The Balaban J connectivity index is 1.57. The van der Waals surface area contributed by atoms with Crippen LogP contribution in [0.15, 0.2) is 39.5 Å². The largest absolute Gasteiger partial charge is 0.483 e. The summed E-state index contributed by atoms with van der Waals surface area (Å²) in [5, 5.41) is 2.57. The normalized spacial score (nSPS) is 13.3. The van der Waals surface area contributed by atoms with Gasteiger partial charge in [0.25, 0.3) is 5.91 Å². The molecule has 1 amide bonds. The van der Waals surface area contributed by atoms with E-state index in [1.807, 2.05) is 0 Å². The summed E-state index contributed by atoms with van der Waals surface area (Å²) in [6.07, 6.45) is -2.49. The standard InChI is InChI=1S/C22H17ClF3NO4/c1-11-7-17(20-13-3-2-4-14(13)21(29)31-18(20)8-11)30-10-19(28)27-12-5-6-16(23)15(9-12)22(24,25)26/h5-9H,2-4,10H2,1H3,(H,27,28). The quantitative estimate of drug-likeness (QED) is 0.548. The van der Waals surface area contributed by atoms with Crippen LogP contribution < -0.4 is 15.7 Å². The number of anilines is 1. The average Bonchev–Trinajstić information content (AvgIpc) is 3.17. The number of alkyl halides is 3. The van der Waals surface area contributed by atoms with E-state index in [4.69, 9.17) is 20.8 Å². The number of hydrogen-bond donors (Lipinski definition) is 1. The highest BCUT2D eigenvalue weighted by Crippen LogP contribution is 2.37. The van der Waals surface area contributed by atoms with Gasteiger partial charge in [-0.1, -0.05) is 11.6 Å². The summed E-state index contributed by atoms with van der Waals surface area (Å²) in [5.41, 5.74) is 1.18. The lowest BCUT2D eigenvalue weighted by molar-refractivity contribution is -0.137. The van der Waals surface area contributed by atoms with Gasteiger partial charge >= 0.3 is 11.8 Å². The molecule has 1 N–H and O–H groups in total. The lowest BCUT2D eigenvalue weighted by atomic mass is 10.0. The van der Waals surface area contributed by atoms with Crippen molar-refractivity contribution in [3.05, 3.63) is 68.0 Å². The van der Waals surface area contributed by atoms with E-state index in [2.05, 4.69) is 5.32 Å². The summed E-state index contributed by atoms with van der Waals surface area (Å²) >= 11 is 5.60. The van der Waals surface area contributed by atoms with Crippen LogP contribution in [0.3, 0.4) is 0 Å². The number of aryl methyl sites for hydroxylation is 2. The van der Waals surface area contributed by atoms with Crippen LogP contribution in [0.2, 0.25) is 5.02 Å². The van der Waals surface area contributed by atoms with Crippen LogP contribution in [-0.2, 0) is 23.8 Å². The van der Waals surface area contributed by atoms with E-state index >= 15 is 0 Å². The molecular formula is C22H17ClF3NO4. The van der Waals surface area contributed by atoms with E-state index in [1.54, 1.807) is 19.1 Å². The fraction of sp³-hybridized carbons (Fsp3) is 0.273. The van der Waals surface area contributed by atoms with Gasteiger partial charge in [-0.25, -0.2) is 4.79 Å². The first-order valence-corrected chi connectivity index (χ1v) is 9.90. The molecule has 0 radical (unpaired) electrons. The minimum absolute atomic E-state index is 0.0497. The maximum atomic E-state index is 13.0. The van der Waals surface area contributed by atoms with Crippen LogP contribution in [0.25, 0.3) is 11.0 Å². The Morgan fingerprint density at radius 1 is 1.19 bits per heavy atom. The van der Waals surface area contributed by atoms with E-state index in [1.165, 1.54) is 6.07 Å². The Labute approximate surface area is 179 Å². The number of hydrogen-bond acceptors (Lipinski definition) is 4. The van der Waals surface area contributed by atoms with Gasteiger partial charge in [-0.15, -0.1) is 0 Å². The number of benzene rings is 2. The molecule has 1 aliphatic carbocycles. The second-order valence-electron chi connectivity index (χ2n) is 7.37. The molecule has 0 saturated heterocycles. The second kappa shape index (κ2) is 7.92. The van der Waals surface area contributed by atoms with Gasteiger partial charge in [0.05, 0.1) is 16.0 Å². The molecule has 1 heterocycles. The molecule has 0 fully saturated rings. The minimum Gasteiger partial charge on any atom is -0.483 e. The van der Waals surface area contributed by atoms with Gasteiger partial charge in [0, 0.05) is 11.3 Å². The number of carbonyl (C=O) groups is 1. The fourth-order valence-corrected chi connectivity index (χ4v) is 4.00. The molecule has 0 saturated carbocycles. The zero-order valence-corrected chi connectivity index (χ0v) is 17.1. The molecule has 1 aromatic heterocycles. The highest BCUT2D eigenvalue weighted by atomic mass is 35.5. The van der Waals surface area contributed by atoms with Crippen molar-refractivity contribution in [1.29, 1.82) is 0 Å². The molecule has 4 rings (SSSR count). The smallest absolute Gasteiger partial charge is 0.417 e. The van der Waals surface area contributed by atoms with Crippen LogP contribution in [0.5, 0.6) is 5.75 Å². The van der Waals surface area contributed by atoms with Crippen molar-refractivity contribution < 1.29 is 27.1 Å². The Morgan fingerprint density at radius 2 is 1.94 bits per heavy atom. The third-order valence-corrected chi connectivity index (χ3v) is 5.42. The van der Waals surface area contributed by atoms with Crippen molar-refractivity contribution in [2.24, 2.45) is 0 Å². The van der Waals surface area contributed by atoms with Crippen molar-refractivity contribution in [1.82, 2.24) is 0 Å². The zero-order chi connectivity index (χ0) is 22.3. The summed E-state index contributed by atoms with van der Waals surface area (Å²) < 4.78 is 50.1. The Hall–Kier alpha value is -3.00. The molecule has 5 nitrogen and oxygen atoms in total. The highest BCUT2D eigenvalue weighted by molar-refractivity contribution is 6.31. The molecule has 2 aromatic carbocycles. The van der Waals surface area contributed by atoms with E-state index in [-0.39, 0.29) is 11.3 Å². The van der Waals surface area contributed by atoms with Gasteiger partial charge in [-0.3, -0.25) is 4.79 Å². The lowest BCUT2D eigenvalue weighted by Gasteiger charge is -2.14. The summed E-state index contributed by atoms with van der Waals surface area (Å²) in [6.45, 7) is 1.36. The van der Waals surface area contributed by atoms with Crippen molar-refractivity contribution in [3.8, 4) is 5.75 Å². The SMILES string of the molecule is Cc1cc(OCC(=O)Nc2ccc(Cl)c(C(F)(F)F)c2)c2c3c(c(=O)oc2c1)CCC3. The number of fused-ring (bicyclic) bond motifs is 3. The first-order chi connectivity index (χ1) is 14.6. The number of carbonyl (C=O) groups excluding carboxylic acids is 1. The molecule has 0 aliphatic heterocycles. The number of amides is 1. The molecule has 0 bridgehead atoms. The summed E-state index contributed by atoms with van der Waals surface area (Å²) in [7, 11) is 0. The van der Waals surface area contributed by atoms with Gasteiger partial charge in [0.1, 0.15) is 11.3 Å². The van der Waals surface area contributed by atoms with Gasteiger partial charge in [0.2, 0.25) is 0 Å². The van der Waals surface area contributed by atoms with Crippen molar-refractivity contribution in [2.45, 2.75) is 32.4 Å². The van der Waals surface area contributed by atoms with E-state index in [0.717, 1.165) is 29.7 Å². The van der Waals surface area contributed by atoms with Crippen LogP contribution in [0, 0.1) is 6.92 Å². The Morgan fingerprint density at radius 3 is 2.68 bits per heavy atom. The first kappa shape index (κ1) is 21.2. The van der Waals surface area contributed by atoms with Crippen molar-refractivity contribution >= 4 is 34.2 Å². The van der Waals surface area contributed by atoms with Gasteiger partial charge in [-0.05, 0) is 67.6 Å². The summed E-state index contributed by atoms with van der Waals surface area (Å²) in [4.78, 5) is 24.5. The molecule has 1 aliphatic rings. The fourth-order valence-electron chi connectivity index (χ4n) is 3.78. The van der Waals surface area contributed by atoms with Crippen LogP contribution in [0.1, 0.15) is 28.7 Å². The van der Waals surface area contributed by atoms with Crippen LogP contribution in [0.4, 0.5) is 18.9 Å². The van der Waals surface area contributed by atoms with E-state index in [9.17, 15) is 22.8 Å². The molecule has 162 valence electrons. The van der Waals surface area contributed by atoms with Crippen LogP contribution in [-0.4, -0.2) is 12.5 Å². The Kier molecular flexibility index (Phi) is 5.43. The third kappa shape index (κ3) is 4.25. The molecule has 9 heteroatoms. The number of ether oxygens (including phenoxy) is 1. The molecule has 3 aromatic rings. The molecule has 31 heavy (non-hydrogen) atoms. The third-order valence-electron chi connectivity index (χ3n) is 5.09. The summed E-state index contributed by atoms with van der Waals surface area (Å²) in [5.74, 6) is -0.252. The predicted molar refractivity (Wildman–Crippen MR) is 110 cm³/mol. The minimum atomic E-state index is -4.64. The maximum absolute atomic E-state index is 13.0. The number of halogens is 4. The first-order valence-electron chi connectivity index (χ1n) is 9.52. The summed E-state index contributed by atoms with van der Waals surface area (Å²) in [6, 6.07) is 6.58. The van der Waals surface area contributed by atoms with Crippen molar-refractivity contribution in [2.75, 3.05) is 11.9 Å². The van der Waals surface area contributed by atoms with Gasteiger partial charge in [-0.2, -0.15) is 13.2 Å². The second-order valence-corrected chi connectivity index (χ2v) is 7.77. The van der Waals surface area contributed by atoms with Gasteiger partial charge in [0.15, 0.2) is 6.61 Å². The highest BCUT2D eigenvalue weighted by Gasteiger charge is 2.33. The van der Waals surface area contributed by atoms with Gasteiger partial charge < -0.3 is 14.5 Å². The topological polar surface area (TPSA) is 68.5 Å². The maximum Gasteiger partial charge on any atom is 0.417 e. The number of rotatable bonds is 4.